The third-order valence-electron chi connectivity index (χ3n) is 2.82. The second kappa shape index (κ2) is 6.18. The second-order valence-electron chi connectivity index (χ2n) is 5.74. The molecule has 96 valence electrons. The van der Waals surface area contributed by atoms with E-state index in [-0.39, 0.29) is 11.5 Å². The van der Waals surface area contributed by atoms with Crippen molar-refractivity contribution < 1.29 is 9.84 Å². The lowest BCUT2D eigenvalue weighted by atomic mass is 9.93. The van der Waals surface area contributed by atoms with Crippen LogP contribution in [0.5, 0.6) is 0 Å². The summed E-state index contributed by atoms with van der Waals surface area (Å²) in [5.41, 5.74) is 1.19. The van der Waals surface area contributed by atoms with Gasteiger partial charge in [-0.1, -0.05) is 51.1 Å². The normalized spacial score (nSPS) is 15.6. The standard InChI is InChI=1S/C15H24O2/c1-12(17-11-10-15(2,3)4)14(16)13-8-6-5-7-9-13/h5-9,12,14,16H,10-11H2,1-4H3. The zero-order chi connectivity index (χ0) is 12.9. The maximum absolute atomic E-state index is 10.1. The summed E-state index contributed by atoms with van der Waals surface area (Å²) in [6.45, 7) is 9.17. The smallest absolute Gasteiger partial charge is 0.105 e. The van der Waals surface area contributed by atoms with Gasteiger partial charge in [-0.3, -0.25) is 0 Å². The minimum absolute atomic E-state index is 0.167. The Labute approximate surface area is 105 Å². The first-order valence-corrected chi connectivity index (χ1v) is 6.25. The van der Waals surface area contributed by atoms with Crippen LogP contribution in [0.4, 0.5) is 0 Å². The Hall–Kier alpha value is -0.860. The first-order valence-electron chi connectivity index (χ1n) is 6.25. The van der Waals surface area contributed by atoms with E-state index in [1.807, 2.05) is 37.3 Å². The Morgan fingerprint density at radius 1 is 1.18 bits per heavy atom. The molecular formula is C15H24O2. The van der Waals surface area contributed by atoms with Gasteiger partial charge in [-0.05, 0) is 24.3 Å². The lowest BCUT2D eigenvalue weighted by Gasteiger charge is -2.23. The highest BCUT2D eigenvalue weighted by molar-refractivity contribution is 5.18. The minimum Gasteiger partial charge on any atom is -0.386 e. The Bertz CT molecular complexity index is 313. The average Bonchev–Trinajstić information content (AvgIpc) is 2.27. The molecule has 0 aliphatic carbocycles. The fraction of sp³-hybridized carbons (Fsp3) is 0.600. The number of benzene rings is 1. The number of hydrogen-bond donors (Lipinski definition) is 1. The highest BCUT2D eigenvalue weighted by atomic mass is 16.5. The van der Waals surface area contributed by atoms with Gasteiger partial charge in [0.05, 0.1) is 6.10 Å². The molecule has 0 spiro atoms. The first kappa shape index (κ1) is 14.2. The number of ether oxygens (including phenoxy) is 1. The van der Waals surface area contributed by atoms with Crippen LogP contribution in [0.2, 0.25) is 0 Å². The SMILES string of the molecule is CC(OCCC(C)(C)C)C(O)c1ccccc1. The second-order valence-corrected chi connectivity index (χ2v) is 5.74. The lowest BCUT2D eigenvalue weighted by Crippen LogP contribution is -2.21. The molecule has 0 saturated heterocycles. The topological polar surface area (TPSA) is 29.5 Å². The summed E-state index contributed by atoms with van der Waals surface area (Å²) in [4.78, 5) is 0. The van der Waals surface area contributed by atoms with Gasteiger partial charge in [-0.2, -0.15) is 0 Å². The van der Waals surface area contributed by atoms with Crippen molar-refractivity contribution in [1.29, 1.82) is 0 Å². The van der Waals surface area contributed by atoms with Crippen LogP contribution in [-0.4, -0.2) is 17.8 Å². The molecule has 17 heavy (non-hydrogen) atoms. The van der Waals surface area contributed by atoms with Crippen LogP contribution in [0.1, 0.15) is 45.8 Å². The molecule has 0 saturated carbocycles. The van der Waals surface area contributed by atoms with E-state index < -0.39 is 6.10 Å². The fourth-order valence-corrected chi connectivity index (χ4v) is 1.56. The maximum atomic E-state index is 10.1. The molecule has 0 radical (unpaired) electrons. The molecule has 0 fully saturated rings. The largest absolute Gasteiger partial charge is 0.386 e. The van der Waals surface area contributed by atoms with Crippen molar-refractivity contribution in [1.82, 2.24) is 0 Å². The van der Waals surface area contributed by atoms with E-state index in [9.17, 15) is 5.11 Å². The van der Waals surface area contributed by atoms with E-state index in [2.05, 4.69) is 20.8 Å². The van der Waals surface area contributed by atoms with Crippen LogP contribution in [0, 0.1) is 5.41 Å². The van der Waals surface area contributed by atoms with Crippen LogP contribution < -0.4 is 0 Å². The zero-order valence-electron chi connectivity index (χ0n) is 11.3. The molecule has 0 aliphatic heterocycles. The van der Waals surface area contributed by atoms with E-state index >= 15 is 0 Å². The van der Waals surface area contributed by atoms with E-state index in [0.29, 0.717) is 6.61 Å². The van der Waals surface area contributed by atoms with Crippen molar-refractivity contribution in [2.24, 2.45) is 5.41 Å². The number of rotatable bonds is 5. The quantitative estimate of drug-likeness (QED) is 0.847. The Kier molecular flexibility index (Phi) is 5.16. The van der Waals surface area contributed by atoms with Crippen LogP contribution in [-0.2, 0) is 4.74 Å². The van der Waals surface area contributed by atoms with Gasteiger partial charge in [0.2, 0.25) is 0 Å². The molecule has 0 amide bonds. The zero-order valence-corrected chi connectivity index (χ0v) is 11.3. The van der Waals surface area contributed by atoms with E-state index in [0.717, 1.165) is 12.0 Å². The molecular weight excluding hydrogens is 212 g/mol. The van der Waals surface area contributed by atoms with Crippen LogP contribution in [0.25, 0.3) is 0 Å². The minimum atomic E-state index is -0.545. The number of aliphatic hydroxyl groups is 1. The van der Waals surface area contributed by atoms with Crippen molar-refractivity contribution in [3.63, 3.8) is 0 Å². The maximum Gasteiger partial charge on any atom is 0.105 e. The van der Waals surface area contributed by atoms with Gasteiger partial charge in [0.15, 0.2) is 0 Å². The van der Waals surface area contributed by atoms with Crippen molar-refractivity contribution in [2.75, 3.05) is 6.61 Å². The average molecular weight is 236 g/mol. The molecule has 2 heteroatoms. The summed E-state index contributed by atoms with van der Waals surface area (Å²) in [6.07, 6.45) is 0.287. The van der Waals surface area contributed by atoms with Crippen molar-refractivity contribution >= 4 is 0 Å². The van der Waals surface area contributed by atoms with Gasteiger partial charge in [0.25, 0.3) is 0 Å². The highest BCUT2D eigenvalue weighted by Gasteiger charge is 2.17. The van der Waals surface area contributed by atoms with Gasteiger partial charge in [0, 0.05) is 6.61 Å². The van der Waals surface area contributed by atoms with Gasteiger partial charge >= 0.3 is 0 Å². The van der Waals surface area contributed by atoms with Crippen LogP contribution in [0.3, 0.4) is 0 Å². The lowest BCUT2D eigenvalue weighted by molar-refractivity contribution is -0.0350. The summed E-state index contributed by atoms with van der Waals surface area (Å²) in [5.74, 6) is 0. The Morgan fingerprint density at radius 3 is 2.29 bits per heavy atom. The molecule has 1 rings (SSSR count). The van der Waals surface area contributed by atoms with Gasteiger partial charge in [-0.25, -0.2) is 0 Å². The summed E-state index contributed by atoms with van der Waals surface area (Å²) in [6, 6.07) is 9.66. The predicted octanol–water partition coefficient (Wildman–Crippen LogP) is 3.56. The van der Waals surface area contributed by atoms with Crippen LogP contribution in [0.15, 0.2) is 30.3 Å². The van der Waals surface area contributed by atoms with Crippen molar-refractivity contribution in [2.45, 2.75) is 46.3 Å². The number of hydrogen-bond acceptors (Lipinski definition) is 2. The van der Waals surface area contributed by atoms with Gasteiger partial charge in [-0.15, -0.1) is 0 Å². The monoisotopic (exact) mass is 236 g/mol. The van der Waals surface area contributed by atoms with E-state index in [1.54, 1.807) is 0 Å². The third kappa shape index (κ3) is 5.33. The Balaban J connectivity index is 2.40. The first-order chi connectivity index (χ1) is 7.90. The molecule has 0 aliphatic rings. The summed E-state index contributed by atoms with van der Waals surface area (Å²) >= 11 is 0. The van der Waals surface area contributed by atoms with Gasteiger partial charge < -0.3 is 9.84 Å². The molecule has 2 atom stereocenters. The van der Waals surface area contributed by atoms with Crippen LogP contribution >= 0.6 is 0 Å². The molecule has 0 bridgehead atoms. The van der Waals surface area contributed by atoms with Crippen molar-refractivity contribution in [3.05, 3.63) is 35.9 Å². The molecule has 0 heterocycles. The van der Waals surface area contributed by atoms with E-state index in [1.165, 1.54) is 0 Å². The molecule has 0 aromatic heterocycles. The molecule has 1 aromatic carbocycles. The van der Waals surface area contributed by atoms with Gasteiger partial charge in [0.1, 0.15) is 6.10 Å². The summed E-state index contributed by atoms with van der Waals surface area (Å²) in [7, 11) is 0. The molecule has 2 nitrogen and oxygen atoms in total. The predicted molar refractivity (Wildman–Crippen MR) is 70.9 cm³/mol. The van der Waals surface area contributed by atoms with E-state index in [4.69, 9.17) is 4.74 Å². The molecule has 1 aromatic rings. The summed E-state index contributed by atoms with van der Waals surface area (Å²) < 4.78 is 5.68. The summed E-state index contributed by atoms with van der Waals surface area (Å²) in [5, 5.41) is 10.1. The molecule has 1 N–H and O–H groups in total. The number of aliphatic hydroxyl groups excluding tert-OH is 1. The van der Waals surface area contributed by atoms with Crippen molar-refractivity contribution in [3.8, 4) is 0 Å². The molecule has 2 unspecified atom stereocenters. The third-order valence-corrected chi connectivity index (χ3v) is 2.82. The Morgan fingerprint density at radius 2 is 1.76 bits per heavy atom. The fourth-order valence-electron chi connectivity index (χ4n) is 1.56. The highest BCUT2D eigenvalue weighted by Crippen LogP contribution is 2.22.